The first-order valence-corrected chi connectivity index (χ1v) is 14.2. The number of morpholine rings is 1. The van der Waals surface area contributed by atoms with Crippen molar-refractivity contribution in [3.05, 3.63) is 71.2 Å². The van der Waals surface area contributed by atoms with Crippen LogP contribution in [0.1, 0.15) is 22.3 Å². The number of rotatable bonds is 7. The Morgan fingerprint density at radius 2 is 1.76 bits per heavy atom. The molecule has 0 saturated carbocycles. The van der Waals surface area contributed by atoms with Crippen LogP contribution >= 0.6 is 11.3 Å². The Kier molecular flexibility index (Phi) is 7.30. The number of carbonyl (C=O) groups is 2. The van der Waals surface area contributed by atoms with Crippen LogP contribution in [-0.2, 0) is 24.3 Å². The van der Waals surface area contributed by atoms with E-state index in [1.54, 1.807) is 10.7 Å². The highest BCUT2D eigenvalue weighted by Gasteiger charge is 2.27. The molecule has 0 aliphatic carbocycles. The summed E-state index contributed by atoms with van der Waals surface area (Å²) in [6.07, 6.45) is -1.07. The number of anilines is 1. The van der Waals surface area contributed by atoms with E-state index in [1.165, 1.54) is 46.8 Å². The Bertz CT molecular complexity index is 1570. The molecule has 1 aliphatic heterocycles. The number of benzene rings is 2. The van der Waals surface area contributed by atoms with E-state index >= 15 is 0 Å². The molecule has 198 valence electrons. The molecule has 5 rings (SSSR count). The van der Waals surface area contributed by atoms with Crippen LogP contribution in [0.15, 0.2) is 65.6 Å². The molecule has 1 amide bonds. The van der Waals surface area contributed by atoms with Gasteiger partial charge in [0.2, 0.25) is 10.0 Å². The first kappa shape index (κ1) is 26.0. The Hall–Kier alpha value is -3.58. The van der Waals surface area contributed by atoms with Gasteiger partial charge in [-0.3, -0.25) is 4.79 Å². The number of sulfonamides is 1. The van der Waals surface area contributed by atoms with Crippen molar-refractivity contribution in [1.82, 2.24) is 14.1 Å². The Balaban J connectivity index is 1.24. The van der Waals surface area contributed by atoms with Gasteiger partial charge in [-0.1, -0.05) is 18.2 Å². The minimum absolute atomic E-state index is 0.131. The van der Waals surface area contributed by atoms with Crippen LogP contribution in [-0.4, -0.2) is 66.8 Å². The van der Waals surface area contributed by atoms with Crippen molar-refractivity contribution in [3.8, 4) is 5.69 Å². The largest absolute Gasteiger partial charge is 0.448 e. The molecule has 4 aromatic rings. The van der Waals surface area contributed by atoms with Gasteiger partial charge in [0.1, 0.15) is 9.71 Å². The third-order valence-corrected chi connectivity index (χ3v) is 9.13. The second-order valence-electron chi connectivity index (χ2n) is 8.74. The Labute approximate surface area is 223 Å². The van der Waals surface area contributed by atoms with E-state index in [1.807, 2.05) is 37.3 Å². The SMILES string of the molecule is Cc1nn(-c2ccccc2)c2sc(C(=O)O[C@H](C)C(=O)Nc3ccc(S(=O)(=O)N4CCOCC4)cc3)cc12. The van der Waals surface area contributed by atoms with Gasteiger partial charge in [-0.15, -0.1) is 11.3 Å². The molecule has 1 atom stereocenters. The summed E-state index contributed by atoms with van der Waals surface area (Å²) in [5.74, 6) is -1.14. The monoisotopic (exact) mass is 554 g/mol. The van der Waals surface area contributed by atoms with Crippen LogP contribution in [0.3, 0.4) is 0 Å². The molecular formula is C26H26N4O6S2. The van der Waals surface area contributed by atoms with Crippen molar-refractivity contribution in [2.45, 2.75) is 24.8 Å². The molecule has 1 fully saturated rings. The fraction of sp³-hybridized carbons (Fsp3) is 0.269. The zero-order valence-corrected chi connectivity index (χ0v) is 22.4. The maximum absolute atomic E-state index is 12.8. The summed E-state index contributed by atoms with van der Waals surface area (Å²) in [5.41, 5.74) is 2.05. The lowest BCUT2D eigenvalue weighted by atomic mass is 10.3. The molecule has 3 heterocycles. The van der Waals surface area contributed by atoms with Crippen LogP contribution in [0.4, 0.5) is 5.69 Å². The van der Waals surface area contributed by atoms with Crippen molar-refractivity contribution in [2.75, 3.05) is 31.6 Å². The van der Waals surface area contributed by atoms with Crippen LogP contribution in [0.2, 0.25) is 0 Å². The summed E-state index contributed by atoms with van der Waals surface area (Å²) < 4.78 is 39.4. The van der Waals surface area contributed by atoms with E-state index in [9.17, 15) is 18.0 Å². The molecule has 38 heavy (non-hydrogen) atoms. The Morgan fingerprint density at radius 1 is 1.08 bits per heavy atom. The normalized spacial score (nSPS) is 15.3. The molecule has 10 nitrogen and oxygen atoms in total. The highest BCUT2D eigenvalue weighted by molar-refractivity contribution is 7.89. The van der Waals surface area contributed by atoms with Crippen LogP contribution in [0.25, 0.3) is 15.9 Å². The lowest BCUT2D eigenvalue weighted by Gasteiger charge is -2.26. The summed E-state index contributed by atoms with van der Waals surface area (Å²) in [6, 6.07) is 17.2. The van der Waals surface area contributed by atoms with Crippen molar-refractivity contribution in [1.29, 1.82) is 0 Å². The number of nitrogens with one attached hydrogen (secondary N) is 1. The van der Waals surface area contributed by atoms with Gasteiger partial charge in [0.25, 0.3) is 5.91 Å². The summed E-state index contributed by atoms with van der Waals surface area (Å²) in [5, 5.41) is 8.07. The maximum Gasteiger partial charge on any atom is 0.349 e. The molecule has 0 spiro atoms. The number of aryl methyl sites for hydroxylation is 1. The van der Waals surface area contributed by atoms with Crippen LogP contribution in [0, 0.1) is 6.92 Å². The van der Waals surface area contributed by atoms with Crippen molar-refractivity contribution >= 4 is 49.1 Å². The molecule has 1 aliphatic rings. The van der Waals surface area contributed by atoms with Crippen molar-refractivity contribution in [2.24, 2.45) is 0 Å². The van der Waals surface area contributed by atoms with Crippen LogP contribution in [0.5, 0.6) is 0 Å². The summed E-state index contributed by atoms with van der Waals surface area (Å²) >= 11 is 1.25. The maximum atomic E-state index is 12.8. The van der Waals surface area contributed by atoms with Crippen molar-refractivity contribution < 1.29 is 27.5 Å². The number of carbonyl (C=O) groups excluding carboxylic acids is 2. The van der Waals surface area contributed by atoms with Crippen molar-refractivity contribution in [3.63, 3.8) is 0 Å². The fourth-order valence-corrected chi connectivity index (χ4v) is 6.53. The van der Waals surface area contributed by atoms with Crippen LogP contribution < -0.4 is 5.32 Å². The predicted molar refractivity (Wildman–Crippen MR) is 143 cm³/mol. The quantitative estimate of drug-likeness (QED) is 0.347. The first-order chi connectivity index (χ1) is 18.2. The molecule has 2 aromatic carbocycles. The predicted octanol–water partition coefficient (Wildman–Crippen LogP) is 3.60. The zero-order valence-electron chi connectivity index (χ0n) is 20.8. The molecule has 1 saturated heterocycles. The van der Waals surface area contributed by atoms with E-state index in [4.69, 9.17) is 9.47 Å². The highest BCUT2D eigenvalue weighted by Crippen LogP contribution is 2.31. The molecule has 2 aromatic heterocycles. The number of aromatic nitrogens is 2. The minimum Gasteiger partial charge on any atom is -0.448 e. The van der Waals surface area contributed by atoms with E-state index < -0.39 is 28.0 Å². The number of nitrogens with zero attached hydrogens (tertiary/aromatic N) is 3. The van der Waals surface area contributed by atoms with E-state index in [2.05, 4.69) is 10.4 Å². The van der Waals surface area contributed by atoms with Gasteiger partial charge in [-0.25, -0.2) is 17.9 Å². The third-order valence-electron chi connectivity index (χ3n) is 6.13. The average Bonchev–Trinajstić information content (AvgIpc) is 3.50. The lowest BCUT2D eigenvalue weighted by Crippen LogP contribution is -2.40. The van der Waals surface area contributed by atoms with Gasteiger partial charge in [0.05, 0.1) is 29.5 Å². The summed E-state index contributed by atoms with van der Waals surface area (Å²) in [6.45, 7) is 4.67. The molecule has 0 unspecified atom stereocenters. The van der Waals surface area contributed by atoms with E-state index in [0.717, 1.165) is 21.6 Å². The highest BCUT2D eigenvalue weighted by atomic mass is 32.2. The number of fused-ring (bicyclic) bond motifs is 1. The number of para-hydroxylation sites is 1. The topological polar surface area (TPSA) is 120 Å². The molecule has 12 heteroatoms. The molecular weight excluding hydrogens is 528 g/mol. The van der Waals surface area contributed by atoms with Gasteiger partial charge in [0.15, 0.2) is 6.10 Å². The van der Waals surface area contributed by atoms with E-state index in [0.29, 0.717) is 36.9 Å². The standard InChI is InChI=1S/C26H26N4O6S2/c1-17-22-16-23(37-25(22)30(28-17)20-6-4-3-5-7-20)26(32)36-18(2)24(31)27-19-8-10-21(11-9-19)38(33,34)29-12-14-35-15-13-29/h3-11,16,18H,12-15H2,1-2H3,(H,27,31)/t18-/m1/s1. The average molecular weight is 555 g/mol. The lowest BCUT2D eigenvalue weighted by molar-refractivity contribution is -0.123. The number of hydrogen-bond acceptors (Lipinski definition) is 8. The summed E-state index contributed by atoms with van der Waals surface area (Å²) in [7, 11) is -3.63. The fourth-order valence-electron chi connectivity index (χ4n) is 4.05. The van der Waals surface area contributed by atoms with Gasteiger partial charge in [-0.05, 0) is 56.3 Å². The van der Waals surface area contributed by atoms with Gasteiger partial charge >= 0.3 is 5.97 Å². The minimum atomic E-state index is -3.63. The smallest absolute Gasteiger partial charge is 0.349 e. The first-order valence-electron chi connectivity index (χ1n) is 12.0. The Morgan fingerprint density at radius 3 is 2.45 bits per heavy atom. The van der Waals surface area contributed by atoms with E-state index in [-0.39, 0.29) is 4.90 Å². The third kappa shape index (κ3) is 5.20. The van der Waals surface area contributed by atoms with Gasteiger partial charge < -0.3 is 14.8 Å². The molecule has 0 bridgehead atoms. The number of ether oxygens (including phenoxy) is 2. The number of esters is 1. The second kappa shape index (κ2) is 10.7. The number of hydrogen-bond donors (Lipinski definition) is 1. The number of thiophene rings is 1. The number of amides is 1. The second-order valence-corrected chi connectivity index (χ2v) is 11.7. The molecule has 1 N–H and O–H groups in total. The molecule has 0 radical (unpaired) electrons. The summed E-state index contributed by atoms with van der Waals surface area (Å²) in [4.78, 5) is 26.8. The van der Waals surface area contributed by atoms with Gasteiger partial charge in [-0.2, -0.15) is 9.40 Å². The van der Waals surface area contributed by atoms with Gasteiger partial charge in [0, 0.05) is 24.2 Å². The zero-order chi connectivity index (χ0) is 26.9.